The molecule has 0 atom stereocenters. The van der Waals surface area contributed by atoms with E-state index in [4.69, 9.17) is 0 Å². The fourth-order valence-corrected chi connectivity index (χ4v) is 1.94. The molecule has 0 aromatic rings. The Morgan fingerprint density at radius 3 is 1.56 bits per heavy atom. The largest absolute Gasteiger partial charge is 0.393 e. The van der Waals surface area contributed by atoms with Crippen molar-refractivity contribution >= 4 is 9.84 Å². The zero-order chi connectivity index (χ0) is 13.0. The van der Waals surface area contributed by atoms with Gasteiger partial charge in [0, 0.05) is 12.5 Å². The first-order valence-electron chi connectivity index (χ1n) is 5.83. The summed E-state index contributed by atoms with van der Waals surface area (Å²) in [4.78, 5) is 0. The molecule has 1 aliphatic carbocycles. The number of hydrogen-bond donors (Lipinski definition) is 1. The van der Waals surface area contributed by atoms with Gasteiger partial charge in [-0.15, -0.1) is 0 Å². The summed E-state index contributed by atoms with van der Waals surface area (Å²) in [6, 6.07) is 0. The van der Waals surface area contributed by atoms with Crippen LogP contribution in [0.4, 0.5) is 0 Å². The molecule has 1 N–H and O–H groups in total. The summed E-state index contributed by atoms with van der Waals surface area (Å²) in [6.45, 7) is 6.90. The average molecular weight is 250 g/mol. The van der Waals surface area contributed by atoms with E-state index in [-0.39, 0.29) is 6.10 Å². The smallest absolute Gasteiger partial charge is 0.144 e. The monoisotopic (exact) mass is 250 g/mol. The van der Waals surface area contributed by atoms with Crippen LogP contribution in [0, 0.1) is 11.3 Å². The van der Waals surface area contributed by atoms with Gasteiger partial charge in [0.1, 0.15) is 9.84 Å². The summed E-state index contributed by atoms with van der Waals surface area (Å²) in [5.74, 6) is 0.825. The first kappa shape index (κ1) is 15.9. The lowest BCUT2D eigenvalue weighted by molar-refractivity contribution is 0.0725. The predicted molar refractivity (Wildman–Crippen MR) is 68.2 cm³/mol. The lowest BCUT2D eigenvalue weighted by Gasteiger charge is -2.35. The fraction of sp³-hybridized carbons (Fsp3) is 1.00. The van der Waals surface area contributed by atoms with Crippen molar-refractivity contribution in [3.8, 4) is 0 Å². The first-order valence-corrected chi connectivity index (χ1v) is 8.13. The summed E-state index contributed by atoms with van der Waals surface area (Å²) < 4.78 is 19.3. The molecule has 1 saturated carbocycles. The molecule has 98 valence electrons. The second kappa shape index (κ2) is 6.01. The maximum atomic E-state index is 9.63. The van der Waals surface area contributed by atoms with Gasteiger partial charge in [-0.1, -0.05) is 20.8 Å². The van der Waals surface area contributed by atoms with Crippen molar-refractivity contribution in [2.45, 2.75) is 52.6 Å². The van der Waals surface area contributed by atoms with E-state index in [0.717, 1.165) is 31.3 Å². The third-order valence-electron chi connectivity index (χ3n) is 2.92. The van der Waals surface area contributed by atoms with E-state index >= 15 is 0 Å². The Bertz CT molecular complexity index is 272. The first-order chi connectivity index (χ1) is 7.00. The van der Waals surface area contributed by atoms with Crippen LogP contribution in [0.2, 0.25) is 0 Å². The van der Waals surface area contributed by atoms with Gasteiger partial charge in [0.05, 0.1) is 6.10 Å². The molecule has 1 fully saturated rings. The highest BCUT2D eigenvalue weighted by atomic mass is 32.2. The van der Waals surface area contributed by atoms with Crippen molar-refractivity contribution in [2.24, 2.45) is 11.3 Å². The second-order valence-electron chi connectivity index (χ2n) is 6.01. The molecule has 0 heterocycles. The van der Waals surface area contributed by atoms with Crippen LogP contribution in [0.3, 0.4) is 0 Å². The molecule has 0 amide bonds. The topological polar surface area (TPSA) is 54.4 Å². The van der Waals surface area contributed by atoms with Crippen LogP contribution in [0.1, 0.15) is 46.5 Å². The van der Waals surface area contributed by atoms with Gasteiger partial charge < -0.3 is 5.11 Å². The van der Waals surface area contributed by atoms with Crippen molar-refractivity contribution in [1.82, 2.24) is 0 Å². The molecule has 0 aromatic carbocycles. The van der Waals surface area contributed by atoms with Crippen LogP contribution in [0.15, 0.2) is 0 Å². The molecular weight excluding hydrogens is 224 g/mol. The van der Waals surface area contributed by atoms with Crippen molar-refractivity contribution in [2.75, 3.05) is 12.5 Å². The Hall–Kier alpha value is -0.0900. The van der Waals surface area contributed by atoms with Crippen LogP contribution in [-0.4, -0.2) is 32.1 Å². The molecule has 0 bridgehead atoms. The molecule has 0 spiro atoms. The van der Waals surface area contributed by atoms with Crippen molar-refractivity contribution < 1.29 is 13.5 Å². The fourth-order valence-electron chi connectivity index (χ4n) is 1.94. The van der Waals surface area contributed by atoms with E-state index in [1.807, 2.05) is 0 Å². The zero-order valence-electron chi connectivity index (χ0n) is 11.2. The maximum Gasteiger partial charge on any atom is 0.144 e. The van der Waals surface area contributed by atoms with Crippen molar-refractivity contribution in [3.63, 3.8) is 0 Å². The zero-order valence-corrected chi connectivity index (χ0v) is 12.0. The Morgan fingerprint density at radius 2 is 1.31 bits per heavy atom. The standard InChI is InChI=1S/C10H20O.C2H6O2S/c1-10(2,3)8-4-6-9(11)7-5-8;1-5(2,3)4/h8-9,11H,4-7H2,1-3H3;1-2H3. The summed E-state index contributed by atoms with van der Waals surface area (Å²) in [5.41, 5.74) is 0.445. The van der Waals surface area contributed by atoms with Gasteiger partial charge in [-0.2, -0.15) is 0 Å². The van der Waals surface area contributed by atoms with Crippen molar-refractivity contribution in [3.05, 3.63) is 0 Å². The molecule has 1 rings (SSSR count). The highest BCUT2D eigenvalue weighted by molar-refractivity contribution is 7.89. The van der Waals surface area contributed by atoms with Crippen LogP contribution in [-0.2, 0) is 9.84 Å². The number of aliphatic hydroxyl groups excluding tert-OH is 1. The molecule has 1 aliphatic rings. The Kier molecular flexibility index (Phi) is 5.98. The van der Waals surface area contributed by atoms with E-state index in [0.29, 0.717) is 5.41 Å². The van der Waals surface area contributed by atoms with Gasteiger partial charge in [-0.05, 0) is 37.0 Å². The molecule has 3 nitrogen and oxygen atoms in total. The maximum absolute atomic E-state index is 9.63. The quantitative estimate of drug-likeness (QED) is 0.717. The van der Waals surface area contributed by atoms with E-state index in [9.17, 15) is 13.5 Å². The van der Waals surface area contributed by atoms with Gasteiger partial charge >= 0.3 is 0 Å². The summed E-state index contributed by atoms with van der Waals surface area (Å²) in [6.07, 6.45) is 6.77. The number of aliphatic hydroxyl groups is 1. The highest BCUT2D eigenvalue weighted by Crippen LogP contribution is 2.37. The minimum Gasteiger partial charge on any atom is -0.393 e. The molecule has 0 aromatic heterocycles. The van der Waals surface area contributed by atoms with Gasteiger partial charge in [-0.25, -0.2) is 8.42 Å². The number of rotatable bonds is 0. The molecule has 0 aliphatic heterocycles. The summed E-state index contributed by atoms with van der Waals surface area (Å²) >= 11 is 0. The molecule has 16 heavy (non-hydrogen) atoms. The molecular formula is C12H26O3S. The number of hydrogen-bond acceptors (Lipinski definition) is 3. The van der Waals surface area contributed by atoms with E-state index in [2.05, 4.69) is 20.8 Å². The van der Waals surface area contributed by atoms with Gasteiger partial charge in [0.2, 0.25) is 0 Å². The molecule has 0 unspecified atom stereocenters. The summed E-state index contributed by atoms with van der Waals surface area (Å²) in [5, 5.41) is 9.29. The minimum atomic E-state index is -2.67. The molecule has 0 saturated heterocycles. The lowest BCUT2D eigenvalue weighted by atomic mass is 9.72. The minimum absolute atomic E-state index is 0.00593. The normalized spacial score (nSPS) is 26.9. The average Bonchev–Trinajstić information content (AvgIpc) is 1.99. The van der Waals surface area contributed by atoms with E-state index in [1.165, 1.54) is 12.8 Å². The highest BCUT2D eigenvalue weighted by Gasteiger charge is 2.28. The van der Waals surface area contributed by atoms with E-state index in [1.54, 1.807) is 0 Å². The van der Waals surface area contributed by atoms with Crippen molar-refractivity contribution in [1.29, 1.82) is 0 Å². The predicted octanol–water partition coefficient (Wildman–Crippen LogP) is 2.24. The Balaban J connectivity index is 0.000000385. The lowest BCUT2D eigenvalue weighted by Crippen LogP contribution is -2.27. The van der Waals surface area contributed by atoms with Crippen LogP contribution in [0.5, 0.6) is 0 Å². The number of sulfone groups is 1. The van der Waals surface area contributed by atoms with Crippen LogP contribution < -0.4 is 0 Å². The Morgan fingerprint density at radius 1 is 1.00 bits per heavy atom. The summed E-state index contributed by atoms with van der Waals surface area (Å²) in [7, 11) is -2.67. The second-order valence-corrected chi connectivity index (χ2v) is 8.30. The van der Waals surface area contributed by atoms with E-state index < -0.39 is 9.84 Å². The van der Waals surface area contributed by atoms with Gasteiger partial charge in [0.25, 0.3) is 0 Å². The molecule has 0 radical (unpaired) electrons. The third-order valence-corrected chi connectivity index (χ3v) is 2.92. The van der Waals surface area contributed by atoms with Gasteiger partial charge in [0.15, 0.2) is 0 Å². The SMILES string of the molecule is CC(C)(C)C1CCC(O)CC1.CS(C)(=O)=O. The van der Waals surface area contributed by atoms with Crippen LogP contribution >= 0.6 is 0 Å². The molecule has 4 heteroatoms. The van der Waals surface area contributed by atoms with Crippen LogP contribution in [0.25, 0.3) is 0 Å². The van der Waals surface area contributed by atoms with Gasteiger partial charge in [-0.3, -0.25) is 0 Å². The Labute approximate surface area is 100 Å². The third kappa shape index (κ3) is 9.16.